The molecular formula is C28H31N5O3. The van der Waals surface area contributed by atoms with E-state index in [-0.39, 0.29) is 11.8 Å². The van der Waals surface area contributed by atoms with Gasteiger partial charge in [-0.25, -0.2) is 9.50 Å². The van der Waals surface area contributed by atoms with E-state index in [0.29, 0.717) is 19.7 Å². The average molecular weight is 486 g/mol. The standard InChI is InChI=1S/C28H31N5O3/c1-3-36-24-11-4-7-20(15-24)18-30-28(34)22-9-6-13-32(19-22)27-26-17-25(31-33(26)14-12-29-27)21-8-5-10-23(16-21)35-2/h4-5,7-8,10-12,14-17,22H,3,6,9,13,18-19H2,1-2H3,(H,30,34). The number of nitrogens with zero attached hydrogens (tertiary/aromatic N) is 4. The van der Waals surface area contributed by atoms with Crippen molar-refractivity contribution in [2.75, 3.05) is 31.7 Å². The van der Waals surface area contributed by atoms with Crippen molar-refractivity contribution in [3.05, 3.63) is 72.6 Å². The van der Waals surface area contributed by atoms with Gasteiger partial charge in [0.25, 0.3) is 0 Å². The van der Waals surface area contributed by atoms with Crippen molar-refractivity contribution in [2.45, 2.75) is 26.3 Å². The second-order valence-electron chi connectivity index (χ2n) is 8.93. The fraction of sp³-hybridized carbons (Fsp3) is 0.321. The number of hydrogen-bond donors (Lipinski definition) is 1. The Morgan fingerprint density at radius 3 is 2.86 bits per heavy atom. The first-order valence-corrected chi connectivity index (χ1v) is 12.4. The third-order valence-electron chi connectivity index (χ3n) is 6.50. The lowest BCUT2D eigenvalue weighted by molar-refractivity contribution is -0.125. The number of fused-ring (bicyclic) bond motifs is 1. The van der Waals surface area contributed by atoms with E-state index in [1.165, 1.54) is 0 Å². The van der Waals surface area contributed by atoms with Crippen molar-refractivity contribution in [1.82, 2.24) is 19.9 Å². The Morgan fingerprint density at radius 2 is 2.00 bits per heavy atom. The number of carbonyl (C=O) groups is 1. The first kappa shape index (κ1) is 23.7. The highest BCUT2D eigenvalue weighted by atomic mass is 16.5. The van der Waals surface area contributed by atoms with Crippen molar-refractivity contribution < 1.29 is 14.3 Å². The van der Waals surface area contributed by atoms with Gasteiger partial charge in [0.1, 0.15) is 17.0 Å². The van der Waals surface area contributed by atoms with Gasteiger partial charge in [0.05, 0.1) is 25.3 Å². The minimum Gasteiger partial charge on any atom is -0.497 e. The Balaban J connectivity index is 1.30. The van der Waals surface area contributed by atoms with E-state index in [0.717, 1.165) is 59.0 Å². The largest absolute Gasteiger partial charge is 0.497 e. The average Bonchev–Trinajstić information content (AvgIpc) is 3.37. The molecule has 1 atom stereocenters. The van der Waals surface area contributed by atoms with E-state index in [1.807, 2.05) is 72.2 Å². The van der Waals surface area contributed by atoms with Crippen LogP contribution in [0.2, 0.25) is 0 Å². The van der Waals surface area contributed by atoms with E-state index < -0.39 is 0 Å². The van der Waals surface area contributed by atoms with Crippen molar-refractivity contribution >= 4 is 17.2 Å². The summed E-state index contributed by atoms with van der Waals surface area (Å²) in [6.45, 7) is 4.54. The molecule has 1 aliphatic rings. The van der Waals surface area contributed by atoms with E-state index >= 15 is 0 Å². The van der Waals surface area contributed by atoms with Gasteiger partial charge in [0.2, 0.25) is 5.91 Å². The summed E-state index contributed by atoms with van der Waals surface area (Å²) in [6, 6.07) is 17.8. The molecule has 0 bridgehead atoms. The molecule has 0 spiro atoms. The fourth-order valence-electron chi connectivity index (χ4n) is 4.70. The molecule has 1 unspecified atom stereocenters. The molecule has 0 saturated carbocycles. The first-order chi connectivity index (χ1) is 17.6. The minimum atomic E-state index is -0.100. The van der Waals surface area contributed by atoms with Gasteiger partial charge in [0, 0.05) is 37.6 Å². The van der Waals surface area contributed by atoms with Crippen LogP contribution >= 0.6 is 0 Å². The van der Waals surface area contributed by atoms with Crippen LogP contribution in [0.25, 0.3) is 16.8 Å². The lowest BCUT2D eigenvalue weighted by Crippen LogP contribution is -2.43. The SMILES string of the molecule is CCOc1cccc(CNC(=O)C2CCCN(c3nccn4nc(-c5cccc(OC)c5)cc34)C2)c1. The molecule has 1 saturated heterocycles. The fourth-order valence-corrected chi connectivity index (χ4v) is 4.70. The summed E-state index contributed by atoms with van der Waals surface area (Å²) >= 11 is 0. The summed E-state index contributed by atoms with van der Waals surface area (Å²) in [6.07, 6.45) is 5.41. The zero-order valence-electron chi connectivity index (χ0n) is 20.7. The van der Waals surface area contributed by atoms with E-state index in [4.69, 9.17) is 14.6 Å². The zero-order chi connectivity index (χ0) is 24.9. The summed E-state index contributed by atoms with van der Waals surface area (Å²) in [5, 5.41) is 7.87. The molecule has 2 aromatic carbocycles. The maximum atomic E-state index is 13.1. The summed E-state index contributed by atoms with van der Waals surface area (Å²) < 4.78 is 12.8. The Hall–Kier alpha value is -4.07. The Bertz CT molecular complexity index is 1350. The van der Waals surface area contributed by atoms with Crippen LogP contribution in [0.4, 0.5) is 5.82 Å². The number of hydrogen-bond acceptors (Lipinski definition) is 6. The van der Waals surface area contributed by atoms with Crippen LogP contribution in [0.3, 0.4) is 0 Å². The van der Waals surface area contributed by atoms with Gasteiger partial charge in [-0.15, -0.1) is 0 Å². The lowest BCUT2D eigenvalue weighted by atomic mass is 9.97. The van der Waals surface area contributed by atoms with E-state index in [2.05, 4.69) is 15.2 Å². The normalized spacial score (nSPS) is 15.6. The second-order valence-corrected chi connectivity index (χ2v) is 8.93. The van der Waals surface area contributed by atoms with Crippen LogP contribution in [0.1, 0.15) is 25.3 Å². The van der Waals surface area contributed by atoms with Crippen molar-refractivity contribution in [3.8, 4) is 22.8 Å². The molecule has 8 heteroatoms. The smallest absolute Gasteiger partial charge is 0.225 e. The number of piperidine rings is 1. The maximum absolute atomic E-state index is 13.1. The predicted molar refractivity (Wildman–Crippen MR) is 139 cm³/mol. The lowest BCUT2D eigenvalue weighted by Gasteiger charge is -2.33. The summed E-state index contributed by atoms with van der Waals surface area (Å²) in [4.78, 5) is 19.9. The molecule has 1 fully saturated rings. The van der Waals surface area contributed by atoms with Crippen LogP contribution in [0.15, 0.2) is 67.0 Å². The van der Waals surface area contributed by atoms with E-state index in [1.54, 1.807) is 13.3 Å². The van der Waals surface area contributed by atoms with Gasteiger partial charge in [0.15, 0.2) is 5.82 Å². The molecule has 1 aliphatic heterocycles. The van der Waals surface area contributed by atoms with Crippen molar-refractivity contribution in [3.63, 3.8) is 0 Å². The molecule has 1 amide bonds. The summed E-state index contributed by atoms with van der Waals surface area (Å²) in [5.41, 5.74) is 3.78. The topological polar surface area (TPSA) is 81.0 Å². The number of aromatic nitrogens is 3. The number of ether oxygens (including phenoxy) is 2. The van der Waals surface area contributed by atoms with E-state index in [9.17, 15) is 4.79 Å². The molecule has 0 aliphatic carbocycles. The number of amides is 1. The molecule has 1 N–H and O–H groups in total. The predicted octanol–water partition coefficient (Wildman–Crippen LogP) is 4.34. The molecule has 186 valence electrons. The van der Waals surface area contributed by atoms with Crippen molar-refractivity contribution in [2.24, 2.45) is 5.92 Å². The van der Waals surface area contributed by atoms with Crippen molar-refractivity contribution in [1.29, 1.82) is 0 Å². The molecule has 5 rings (SSSR count). The second kappa shape index (κ2) is 10.7. The summed E-state index contributed by atoms with van der Waals surface area (Å²) in [5.74, 6) is 2.43. The van der Waals surface area contributed by atoms with Crippen LogP contribution < -0.4 is 19.7 Å². The third-order valence-corrected chi connectivity index (χ3v) is 6.50. The molecule has 8 nitrogen and oxygen atoms in total. The highest BCUT2D eigenvalue weighted by Gasteiger charge is 2.27. The van der Waals surface area contributed by atoms with Crippen LogP contribution in [0, 0.1) is 5.92 Å². The Kier molecular flexibility index (Phi) is 7.02. The monoisotopic (exact) mass is 485 g/mol. The van der Waals surface area contributed by atoms with Crippen LogP contribution in [-0.2, 0) is 11.3 Å². The quantitative estimate of drug-likeness (QED) is 0.400. The van der Waals surface area contributed by atoms with Crippen LogP contribution in [0.5, 0.6) is 11.5 Å². The third kappa shape index (κ3) is 5.12. The molecule has 3 heterocycles. The molecule has 4 aromatic rings. The molecule has 36 heavy (non-hydrogen) atoms. The molecule has 0 radical (unpaired) electrons. The van der Waals surface area contributed by atoms with Gasteiger partial charge in [-0.05, 0) is 55.7 Å². The number of rotatable bonds is 8. The number of nitrogens with one attached hydrogen (secondary N) is 1. The van der Waals surface area contributed by atoms with Gasteiger partial charge < -0.3 is 19.7 Å². The van der Waals surface area contributed by atoms with Crippen LogP contribution in [-0.4, -0.2) is 47.3 Å². The highest BCUT2D eigenvalue weighted by Crippen LogP contribution is 2.29. The van der Waals surface area contributed by atoms with Gasteiger partial charge in [-0.1, -0.05) is 24.3 Å². The Labute approximate surface area is 210 Å². The number of anilines is 1. The maximum Gasteiger partial charge on any atom is 0.225 e. The van der Waals surface area contributed by atoms with Gasteiger partial charge in [-0.3, -0.25) is 4.79 Å². The zero-order valence-corrected chi connectivity index (χ0v) is 20.7. The first-order valence-electron chi connectivity index (χ1n) is 12.4. The Morgan fingerprint density at radius 1 is 1.14 bits per heavy atom. The molecule has 2 aromatic heterocycles. The number of carbonyl (C=O) groups excluding carboxylic acids is 1. The number of benzene rings is 2. The minimum absolute atomic E-state index is 0.0686. The molecular weight excluding hydrogens is 454 g/mol. The van der Waals surface area contributed by atoms with Gasteiger partial charge in [-0.2, -0.15) is 5.10 Å². The van der Waals surface area contributed by atoms with Gasteiger partial charge >= 0.3 is 0 Å². The summed E-state index contributed by atoms with van der Waals surface area (Å²) in [7, 11) is 1.66. The highest BCUT2D eigenvalue weighted by molar-refractivity contribution is 5.81. The number of methoxy groups -OCH3 is 1.